The van der Waals surface area contributed by atoms with Gasteiger partial charge in [0.15, 0.2) is 5.82 Å². The maximum atomic E-state index is 13.5. The first-order chi connectivity index (χ1) is 20.5. The molecule has 11 heteroatoms. The SMILES string of the molecule is COc1cc(O)ccc1/C=C(\NC(=O)c1ccccc1)C(=O)Nc1cccc(SCc2nnnn2-c2ccccc2)c1. The smallest absolute Gasteiger partial charge is 0.272 e. The summed E-state index contributed by atoms with van der Waals surface area (Å²) in [6.45, 7) is 0. The number of carbonyl (C=O) groups excluding carboxylic acids is 2. The van der Waals surface area contributed by atoms with Gasteiger partial charge in [0.25, 0.3) is 11.8 Å². The first-order valence-electron chi connectivity index (χ1n) is 12.8. The van der Waals surface area contributed by atoms with E-state index in [1.165, 1.54) is 37.1 Å². The van der Waals surface area contributed by atoms with Gasteiger partial charge in [0.2, 0.25) is 0 Å². The molecule has 0 saturated carbocycles. The van der Waals surface area contributed by atoms with Crippen LogP contribution in [0.5, 0.6) is 11.5 Å². The molecule has 0 aliphatic heterocycles. The molecule has 10 nitrogen and oxygen atoms in total. The summed E-state index contributed by atoms with van der Waals surface area (Å²) in [6, 6.07) is 30.0. The van der Waals surface area contributed by atoms with Crippen molar-refractivity contribution >= 4 is 35.3 Å². The van der Waals surface area contributed by atoms with E-state index in [0.717, 1.165) is 10.6 Å². The number of ether oxygens (including phenoxy) is 1. The Morgan fingerprint density at radius 3 is 2.48 bits per heavy atom. The van der Waals surface area contributed by atoms with Gasteiger partial charge in [-0.25, -0.2) is 0 Å². The van der Waals surface area contributed by atoms with Crippen LogP contribution >= 0.6 is 11.8 Å². The van der Waals surface area contributed by atoms with Crippen molar-refractivity contribution in [3.8, 4) is 17.2 Å². The van der Waals surface area contributed by atoms with E-state index in [-0.39, 0.29) is 11.4 Å². The van der Waals surface area contributed by atoms with Crippen molar-refractivity contribution in [2.45, 2.75) is 10.6 Å². The second kappa shape index (κ2) is 13.3. The van der Waals surface area contributed by atoms with Gasteiger partial charge in [-0.2, -0.15) is 4.68 Å². The molecule has 0 aliphatic carbocycles. The Kier molecular flexibility index (Phi) is 8.90. The fourth-order valence-electron chi connectivity index (χ4n) is 3.99. The second-order valence-corrected chi connectivity index (χ2v) is 9.97. The van der Waals surface area contributed by atoms with Crippen molar-refractivity contribution in [3.63, 3.8) is 0 Å². The molecule has 0 fully saturated rings. The molecule has 0 radical (unpaired) electrons. The van der Waals surface area contributed by atoms with Crippen molar-refractivity contribution in [2.75, 3.05) is 12.4 Å². The van der Waals surface area contributed by atoms with Crippen LogP contribution in [0.3, 0.4) is 0 Å². The van der Waals surface area contributed by atoms with E-state index in [9.17, 15) is 14.7 Å². The Morgan fingerprint density at radius 1 is 0.952 bits per heavy atom. The average Bonchev–Trinajstić information content (AvgIpc) is 3.50. The molecule has 42 heavy (non-hydrogen) atoms. The number of amides is 2. The number of hydrogen-bond donors (Lipinski definition) is 3. The summed E-state index contributed by atoms with van der Waals surface area (Å²) in [5.74, 6) is 0.538. The number of benzene rings is 4. The van der Waals surface area contributed by atoms with E-state index >= 15 is 0 Å². The first kappa shape index (κ1) is 28.1. The number of hydrogen-bond acceptors (Lipinski definition) is 8. The highest BCUT2D eigenvalue weighted by Gasteiger charge is 2.17. The zero-order chi connectivity index (χ0) is 29.3. The third-order valence-corrected chi connectivity index (χ3v) is 7.03. The van der Waals surface area contributed by atoms with E-state index in [1.54, 1.807) is 47.1 Å². The summed E-state index contributed by atoms with van der Waals surface area (Å²) in [5, 5.41) is 27.5. The summed E-state index contributed by atoms with van der Waals surface area (Å²) in [7, 11) is 1.45. The lowest BCUT2D eigenvalue weighted by Gasteiger charge is -2.13. The van der Waals surface area contributed by atoms with Crippen LogP contribution in [0.1, 0.15) is 21.7 Å². The Hall–Kier alpha value is -5.42. The van der Waals surface area contributed by atoms with Gasteiger partial charge in [0, 0.05) is 27.8 Å². The summed E-state index contributed by atoms with van der Waals surface area (Å²) < 4.78 is 7.04. The number of methoxy groups -OCH3 is 1. The molecule has 0 bridgehead atoms. The number of rotatable bonds is 10. The largest absolute Gasteiger partial charge is 0.508 e. The number of phenols is 1. The van der Waals surface area contributed by atoms with Crippen LogP contribution < -0.4 is 15.4 Å². The zero-order valence-electron chi connectivity index (χ0n) is 22.5. The molecular weight excluding hydrogens is 552 g/mol. The van der Waals surface area contributed by atoms with Gasteiger partial charge in [0.1, 0.15) is 17.2 Å². The number of aromatic nitrogens is 4. The Bertz CT molecular complexity index is 1720. The maximum absolute atomic E-state index is 13.5. The number of thioether (sulfide) groups is 1. The number of nitrogens with zero attached hydrogens (tertiary/aromatic N) is 4. The number of carbonyl (C=O) groups is 2. The minimum atomic E-state index is -0.537. The summed E-state index contributed by atoms with van der Waals surface area (Å²) in [5.41, 5.74) is 2.28. The van der Waals surface area contributed by atoms with Crippen LogP contribution in [0.2, 0.25) is 0 Å². The lowest BCUT2D eigenvalue weighted by atomic mass is 10.1. The molecule has 3 N–H and O–H groups in total. The number of tetrazole rings is 1. The topological polar surface area (TPSA) is 131 Å². The normalized spacial score (nSPS) is 11.1. The number of aromatic hydroxyl groups is 1. The molecule has 0 atom stereocenters. The maximum Gasteiger partial charge on any atom is 0.272 e. The van der Waals surface area contributed by atoms with Gasteiger partial charge in [-0.05, 0) is 71.1 Å². The van der Waals surface area contributed by atoms with Crippen LogP contribution in [-0.4, -0.2) is 44.2 Å². The molecule has 5 aromatic rings. The molecule has 210 valence electrons. The molecule has 0 saturated heterocycles. The molecule has 0 aliphatic rings. The Labute approximate surface area is 246 Å². The third-order valence-electron chi connectivity index (χ3n) is 6.04. The van der Waals surface area contributed by atoms with Gasteiger partial charge in [0.05, 0.1) is 18.6 Å². The van der Waals surface area contributed by atoms with E-state index in [1.807, 2.05) is 48.5 Å². The van der Waals surface area contributed by atoms with E-state index in [4.69, 9.17) is 4.74 Å². The van der Waals surface area contributed by atoms with Crippen molar-refractivity contribution in [3.05, 3.63) is 126 Å². The fraction of sp³-hybridized carbons (Fsp3) is 0.0645. The van der Waals surface area contributed by atoms with Crippen molar-refractivity contribution in [2.24, 2.45) is 0 Å². The molecule has 0 spiro atoms. The van der Waals surface area contributed by atoms with Crippen molar-refractivity contribution < 1.29 is 19.4 Å². The van der Waals surface area contributed by atoms with Gasteiger partial charge in [-0.1, -0.05) is 42.5 Å². The Balaban J connectivity index is 1.35. The van der Waals surface area contributed by atoms with Crippen LogP contribution in [-0.2, 0) is 10.5 Å². The van der Waals surface area contributed by atoms with E-state index in [0.29, 0.717) is 34.1 Å². The van der Waals surface area contributed by atoms with Crippen molar-refractivity contribution in [1.82, 2.24) is 25.5 Å². The minimum Gasteiger partial charge on any atom is -0.508 e. The standard InChI is InChI=1S/C31H26N6O4S/c1-41-28-19-25(38)16-15-22(28)17-27(33-30(39)21-9-4-2-5-10-21)31(40)32-23-11-8-14-26(18-23)42-20-29-34-35-36-37(29)24-12-6-3-7-13-24/h2-19,38H,20H2,1H3,(H,32,40)(H,33,39)/b27-17-. The second-order valence-electron chi connectivity index (χ2n) is 8.92. The quantitative estimate of drug-likeness (QED) is 0.155. The van der Waals surface area contributed by atoms with Crippen LogP contribution in [0.4, 0.5) is 5.69 Å². The molecule has 5 rings (SSSR count). The number of anilines is 1. The minimum absolute atomic E-state index is 0.00654. The molecule has 2 amide bonds. The molecule has 4 aromatic carbocycles. The number of para-hydroxylation sites is 1. The molecule has 1 heterocycles. The summed E-state index contributed by atoms with van der Waals surface area (Å²) >= 11 is 1.51. The Morgan fingerprint density at radius 2 is 1.71 bits per heavy atom. The first-order valence-corrected chi connectivity index (χ1v) is 13.8. The van der Waals surface area contributed by atoms with Gasteiger partial charge < -0.3 is 20.5 Å². The lowest BCUT2D eigenvalue weighted by Crippen LogP contribution is -2.30. The van der Waals surface area contributed by atoms with Gasteiger partial charge in [-0.3, -0.25) is 9.59 Å². The molecular formula is C31H26N6O4S. The van der Waals surface area contributed by atoms with E-state index < -0.39 is 11.8 Å². The number of nitrogens with one attached hydrogen (secondary N) is 2. The van der Waals surface area contributed by atoms with Crippen LogP contribution in [0.25, 0.3) is 11.8 Å². The zero-order valence-corrected chi connectivity index (χ0v) is 23.3. The van der Waals surface area contributed by atoms with Crippen LogP contribution in [0.15, 0.2) is 114 Å². The lowest BCUT2D eigenvalue weighted by molar-refractivity contribution is -0.113. The predicted octanol–water partition coefficient (Wildman–Crippen LogP) is 5.08. The number of phenolic OH excluding ortho intramolecular Hbond substituents is 1. The van der Waals surface area contributed by atoms with Gasteiger partial charge >= 0.3 is 0 Å². The predicted molar refractivity (Wildman–Crippen MR) is 160 cm³/mol. The highest BCUT2D eigenvalue weighted by molar-refractivity contribution is 7.98. The summed E-state index contributed by atoms with van der Waals surface area (Å²) in [6.07, 6.45) is 1.50. The highest BCUT2D eigenvalue weighted by Crippen LogP contribution is 2.27. The molecule has 0 unspecified atom stereocenters. The average molecular weight is 579 g/mol. The highest BCUT2D eigenvalue weighted by atomic mass is 32.2. The van der Waals surface area contributed by atoms with Gasteiger partial charge in [-0.15, -0.1) is 16.9 Å². The monoisotopic (exact) mass is 578 g/mol. The fourth-order valence-corrected chi connectivity index (χ4v) is 4.85. The molecule has 1 aromatic heterocycles. The summed E-state index contributed by atoms with van der Waals surface area (Å²) in [4.78, 5) is 27.3. The van der Waals surface area contributed by atoms with Crippen molar-refractivity contribution in [1.29, 1.82) is 0 Å². The van der Waals surface area contributed by atoms with Crippen LogP contribution in [0, 0.1) is 0 Å². The van der Waals surface area contributed by atoms with E-state index in [2.05, 4.69) is 26.2 Å². The third kappa shape index (κ3) is 7.01.